The van der Waals surface area contributed by atoms with Gasteiger partial charge in [0, 0.05) is 6.04 Å². The number of nitrogens with one attached hydrogen (secondary N) is 2. The molecular weight excluding hydrogens is 172 g/mol. The zero-order valence-corrected chi connectivity index (χ0v) is 7.61. The summed E-state index contributed by atoms with van der Waals surface area (Å²) in [6.45, 7) is 1.91. The molecular formula is C7H10N4S. The third kappa shape index (κ3) is 1.61. The highest BCUT2D eigenvalue weighted by Gasteiger charge is 2.22. The number of hydrogen-bond acceptors (Lipinski definition) is 4. The molecule has 1 aromatic rings. The molecule has 4 nitrogen and oxygen atoms in total. The Hall–Kier alpha value is -0.970. The Labute approximate surface area is 75.4 Å². The van der Waals surface area contributed by atoms with E-state index in [0.29, 0.717) is 10.8 Å². The zero-order valence-electron chi connectivity index (χ0n) is 6.79. The minimum atomic E-state index is 0.434. The second-order valence-electron chi connectivity index (χ2n) is 2.99. The maximum Gasteiger partial charge on any atom is 0.215 e. The largest absolute Gasteiger partial charge is 0.366 e. The molecule has 0 radical (unpaired) electrons. The predicted molar refractivity (Wildman–Crippen MR) is 48.6 cm³/mol. The summed E-state index contributed by atoms with van der Waals surface area (Å²) in [6, 6.07) is 0.592. The van der Waals surface area contributed by atoms with E-state index >= 15 is 0 Å². The van der Waals surface area contributed by atoms with Crippen molar-refractivity contribution in [3.05, 3.63) is 10.5 Å². The topological polar surface area (TPSA) is 53.6 Å². The van der Waals surface area contributed by atoms with E-state index in [9.17, 15) is 0 Å². The van der Waals surface area contributed by atoms with Gasteiger partial charge in [0.2, 0.25) is 4.77 Å². The zero-order chi connectivity index (χ0) is 8.55. The number of aromatic nitrogens is 3. The van der Waals surface area contributed by atoms with Crippen LogP contribution in [0.1, 0.15) is 18.5 Å². The smallest absolute Gasteiger partial charge is 0.215 e. The summed E-state index contributed by atoms with van der Waals surface area (Å²) in [5.74, 6) is 0.821. The fourth-order valence-electron chi connectivity index (χ4n) is 0.950. The molecule has 1 aliphatic rings. The van der Waals surface area contributed by atoms with Crippen molar-refractivity contribution >= 4 is 18.0 Å². The van der Waals surface area contributed by atoms with Gasteiger partial charge in [-0.2, -0.15) is 10.1 Å². The van der Waals surface area contributed by atoms with Crippen LogP contribution in [-0.4, -0.2) is 21.2 Å². The molecule has 1 saturated carbocycles. The summed E-state index contributed by atoms with van der Waals surface area (Å²) in [4.78, 5) is 4.14. The summed E-state index contributed by atoms with van der Waals surface area (Å²) >= 11 is 4.86. The highest BCUT2D eigenvalue weighted by atomic mass is 32.1. The minimum Gasteiger partial charge on any atom is -0.366 e. The fourth-order valence-corrected chi connectivity index (χ4v) is 1.09. The van der Waals surface area contributed by atoms with Crippen LogP contribution >= 0.6 is 12.2 Å². The molecule has 0 unspecified atom stereocenters. The first-order valence-electron chi connectivity index (χ1n) is 3.95. The second kappa shape index (κ2) is 2.82. The van der Waals surface area contributed by atoms with Crippen molar-refractivity contribution in [3.8, 4) is 0 Å². The van der Waals surface area contributed by atoms with Gasteiger partial charge in [-0.3, -0.25) is 5.10 Å². The maximum atomic E-state index is 4.86. The van der Waals surface area contributed by atoms with E-state index in [2.05, 4.69) is 20.5 Å². The SMILES string of the molecule is Cc1n[nH]c(=S)nc1NC1CC1. The van der Waals surface area contributed by atoms with Crippen LogP contribution in [0.2, 0.25) is 0 Å². The third-order valence-corrected chi connectivity index (χ3v) is 1.98. The van der Waals surface area contributed by atoms with Crippen molar-refractivity contribution in [2.75, 3.05) is 5.32 Å². The van der Waals surface area contributed by atoms with Crippen molar-refractivity contribution in [3.63, 3.8) is 0 Å². The van der Waals surface area contributed by atoms with Gasteiger partial charge in [0.1, 0.15) is 0 Å². The quantitative estimate of drug-likeness (QED) is 0.679. The molecule has 0 saturated heterocycles. The third-order valence-electron chi connectivity index (χ3n) is 1.79. The number of H-pyrrole nitrogens is 1. The van der Waals surface area contributed by atoms with E-state index in [1.165, 1.54) is 12.8 Å². The van der Waals surface area contributed by atoms with E-state index in [1.54, 1.807) is 0 Å². The van der Waals surface area contributed by atoms with Crippen LogP contribution in [0.15, 0.2) is 0 Å². The Balaban J connectivity index is 2.27. The molecule has 12 heavy (non-hydrogen) atoms. The Morgan fingerprint density at radius 2 is 2.33 bits per heavy atom. The normalized spacial score (nSPS) is 16.1. The molecule has 1 aromatic heterocycles. The molecule has 1 fully saturated rings. The van der Waals surface area contributed by atoms with E-state index < -0.39 is 0 Å². The monoisotopic (exact) mass is 182 g/mol. The lowest BCUT2D eigenvalue weighted by atomic mass is 10.4. The van der Waals surface area contributed by atoms with E-state index in [4.69, 9.17) is 12.2 Å². The van der Waals surface area contributed by atoms with Crippen molar-refractivity contribution in [1.82, 2.24) is 15.2 Å². The summed E-state index contributed by atoms with van der Waals surface area (Å²) < 4.78 is 0.434. The van der Waals surface area contributed by atoms with Crippen molar-refractivity contribution in [1.29, 1.82) is 0 Å². The van der Waals surface area contributed by atoms with E-state index in [1.807, 2.05) is 6.92 Å². The first-order chi connectivity index (χ1) is 5.75. The molecule has 0 atom stereocenters. The standard InChI is InChI=1S/C7H10N4S/c1-4-6(8-5-2-3-5)9-7(12)11-10-4/h5H,2-3H2,1H3,(H2,8,9,11,12). The minimum absolute atomic E-state index is 0.434. The first kappa shape index (κ1) is 7.67. The van der Waals surface area contributed by atoms with Crippen molar-refractivity contribution < 1.29 is 0 Å². The van der Waals surface area contributed by atoms with Gasteiger partial charge < -0.3 is 5.32 Å². The molecule has 0 spiro atoms. The Bertz CT molecular complexity index is 342. The fraction of sp³-hybridized carbons (Fsp3) is 0.571. The molecule has 2 N–H and O–H groups in total. The first-order valence-corrected chi connectivity index (χ1v) is 4.36. The van der Waals surface area contributed by atoms with Crippen LogP contribution in [0, 0.1) is 11.7 Å². The number of aryl methyl sites for hydroxylation is 1. The molecule has 5 heteroatoms. The molecule has 0 aliphatic heterocycles. The van der Waals surface area contributed by atoms with Gasteiger partial charge in [-0.15, -0.1) is 0 Å². The number of hydrogen-bond donors (Lipinski definition) is 2. The van der Waals surface area contributed by atoms with Gasteiger partial charge in [-0.1, -0.05) is 0 Å². The number of aromatic amines is 1. The Morgan fingerprint density at radius 1 is 1.58 bits per heavy atom. The van der Waals surface area contributed by atoms with Gasteiger partial charge in [-0.05, 0) is 32.0 Å². The van der Waals surface area contributed by atoms with Crippen LogP contribution in [0.3, 0.4) is 0 Å². The van der Waals surface area contributed by atoms with Crippen LogP contribution < -0.4 is 5.32 Å². The summed E-state index contributed by atoms with van der Waals surface area (Å²) in [7, 11) is 0. The van der Waals surface area contributed by atoms with Gasteiger partial charge in [0.05, 0.1) is 5.69 Å². The average Bonchev–Trinajstić information content (AvgIpc) is 2.81. The molecule has 0 aromatic carbocycles. The molecule has 1 aliphatic carbocycles. The average molecular weight is 182 g/mol. The predicted octanol–water partition coefficient (Wildman–Crippen LogP) is 1.42. The number of nitrogens with zero attached hydrogens (tertiary/aromatic N) is 2. The Kier molecular flexibility index (Phi) is 1.80. The molecule has 1 heterocycles. The van der Waals surface area contributed by atoms with E-state index in [0.717, 1.165) is 11.5 Å². The van der Waals surface area contributed by atoms with Crippen LogP contribution in [-0.2, 0) is 0 Å². The lowest BCUT2D eigenvalue weighted by Gasteiger charge is -2.04. The molecule has 0 amide bonds. The molecule has 64 valence electrons. The molecule has 2 rings (SSSR count). The lowest BCUT2D eigenvalue weighted by Crippen LogP contribution is -2.07. The van der Waals surface area contributed by atoms with Gasteiger partial charge in [0.25, 0.3) is 0 Å². The summed E-state index contributed by atoms with van der Waals surface area (Å²) in [5.41, 5.74) is 0.871. The van der Waals surface area contributed by atoms with E-state index in [-0.39, 0.29) is 0 Å². The summed E-state index contributed by atoms with van der Waals surface area (Å²) in [6.07, 6.45) is 2.46. The summed E-state index contributed by atoms with van der Waals surface area (Å²) in [5, 5.41) is 9.92. The molecule has 0 bridgehead atoms. The lowest BCUT2D eigenvalue weighted by molar-refractivity contribution is 0.901. The van der Waals surface area contributed by atoms with Crippen LogP contribution in [0.4, 0.5) is 5.82 Å². The maximum absolute atomic E-state index is 4.86. The number of rotatable bonds is 2. The number of anilines is 1. The van der Waals surface area contributed by atoms with Gasteiger partial charge in [0.15, 0.2) is 5.82 Å². The van der Waals surface area contributed by atoms with Crippen molar-refractivity contribution in [2.24, 2.45) is 0 Å². The van der Waals surface area contributed by atoms with Crippen LogP contribution in [0.25, 0.3) is 0 Å². The van der Waals surface area contributed by atoms with Crippen molar-refractivity contribution in [2.45, 2.75) is 25.8 Å². The Morgan fingerprint density at radius 3 is 3.00 bits per heavy atom. The second-order valence-corrected chi connectivity index (χ2v) is 3.38. The highest BCUT2D eigenvalue weighted by molar-refractivity contribution is 7.71. The van der Waals surface area contributed by atoms with Gasteiger partial charge in [-0.25, -0.2) is 0 Å². The highest BCUT2D eigenvalue weighted by Crippen LogP contribution is 2.24. The van der Waals surface area contributed by atoms with Gasteiger partial charge >= 0.3 is 0 Å². The van der Waals surface area contributed by atoms with Crippen LogP contribution in [0.5, 0.6) is 0 Å².